The van der Waals surface area contributed by atoms with E-state index in [0.29, 0.717) is 5.06 Å². The second-order valence-electron chi connectivity index (χ2n) is 5.74. The van der Waals surface area contributed by atoms with Gasteiger partial charge in [0, 0.05) is 38.8 Å². The Morgan fingerprint density at radius 2 is 1.88 bits per heavy atom. The molecule has 1 aliphatic heterocycles. The SMILES string of the molecule is CN(Cc1cccc(-c2cccnc2)c1)C(=O)ON1C(=O)CCC1=O. The Balaban J connectivity index is 1.66. The Morgan fingerprint density at radius 3 is 2.56 bits per heavy atom. The molecule has 7 nitrogen and oxygen atoms in total. The minimum absolute atomic E-state index is 0.0724. The van der Waals surface area contributed by atoms with Crippen LogP contribution in [0.3, 0.4) is 0 Å². The van der Waals surface area contributed by atoms with Crippen molar-refractivity contribution in [2.24, 2.45) is 0 Å². The number of carbonyl (C=O) groups excluding carboxylic acids is 3. The van der Waals surface area contributed by atoms with Gasteiger partial charge >= 0.3 is 6.09 Å². The number of hydroxylamine groups is 2. The van der Waals surface area contributed by atoms with Gasteiger partial charge in [-0.25, -0.2) is 4.79 Å². The molecule has 2 heterocycles. The van der Waals surface area contributed by atoms with Crippen LogP contribution in [0.2, 0.25) is 0 Å². The fourth-order valence-electron chi connectivity index (χ4n) is 2.53. The van der Waals surface area contributed by atoms with E-state index >= 15 is 0 Å². The van der Waals surface area contributed by atoms with Crippen LogP contribution in [-0.4, -0.2) is 39.9 Å². The van der Waals surface area contributed by atoms with E-state index in [0.717, 1.165) is 16.7 Å². The van der Waals surface area contributed by atoms with Crippen molar-refractivity contribution in [2.75, 3.05) is 7.05 Å². The lowest BCUT2D eigenvalue weighted by atomic mass is 10.0. The number of aromatic nitrogens is 1. The molecule has 0 spiro atoms. The highest BCUT2D eigenvalue weighted by molar-refractivity contribution is 6.01. The second kappa shape index (κ2) is 7.12. The Bertz CT molecular complexity index is 791. The zero-order valence-corrected chi connectivity index (χ0v) is 13.7. The van der Waals surface area contributed by atoms with Gasteiger partial charge in [-0.3, -0.25) is 14.6 Å². The summed E-state index contributed by atoms with van der Waals surface area (Å²) >= 11 is 0. The average Bonchev–Trinajstić information content (AvgIpc) is 2.94. The lowest BCUT2D eigenvalue weighted by Crippen LogP contribution is -2.37. The first kappa shape index (κ1) is 16.6. The predicted molar refractivity (Wildman–Crippen MR) is 88.7 cm³/mol. The number of imide groups is 1. The minimum Gasteiger partial charge on any atom is -0.311 e. The van der Waals surface area contributed by atoms with Gasteiger partial charge in [0.2, 0.25) is 0 Å². The zero-order valence-electron chi connectivity index (χ0n) is 13.7. The number of amides is 3. The highest BCUT2D eigenvalue weighted by Crippen LogP contribution is 2.20. The van der Waals surface area contributed by atoms with Crippen molar-refractivity contribution in [3.05, 3.63) is 54.4 Å². The number of pyridine rings is 1. The topological polar surface area (TPSA) is 79.8 Å². The van der Waals surface area contributed by atoms with E-state index in [1.807, 2.05) is 36.4 Å². The molecule has 0 aliphatic carbocycles. The summed E-state index contributed by atoms with van der Waals surface area (Å²) in [5.74, 6) is -0.990. The molecule has 1 fully saturated rings. The monoisotopic (exact) mass is 339 g/mol. The highest BCUT2D eigenvalue weighted by Gasteiger charge is 2.33. The molecule has 1 aromatic carbocycles. The van der Waals surface area contributed by atoms with Crippen molar-refractivity contribution in [3.8, 4) is 11.1 Å². The molecular weight excluding hydrogens is 322 g/mol. The molecule has 0 atom stereocenters. The lowest BCUT2D eigenvalue weighted by Gasteiger charge is -2.20. The molecule has 7 heteroatoms. The van der Waals surface area contributed by atoms with Crippen LogP contribution in [0.5, 0.6) is 0 Å². The molecule has 3 rings (SSSR count). The molecule has 0 unspecified atom stereocenters. The van der Waals surface area contributed by atoms with Crippen molar-refractivity contribution in [2.45, 2.75) is 19.4 Å². The van der Waals surface area contributed by atoms with Crippen LogP contribution in [0, 0.1) is 0 Å². The number of carbonyl (C=O) groups is 3. The van der Waals surface area contributed by atoms with E-state index < -0.39 is 17.9 Å². The van der Waals surface area contributed by atoms with Gasteiger partial charge in [-0.05, 0) is 28.8 Å². The van der Waals surface area contributed by atoms with Crippen LogP contribution >= 0.6 is 0 Å². The first-order chi connectivity index (χ1) is 12.0. The van der Waals surface area contributed by atoms with Crippen molar-refractivity contribution in [1.29, 1.82) is 0 Å². The minimum atomic E-state index is -0.754. The van der Waals surface area contributed by atoms with Crippen LogP contribution in [0.4, 0.5) is 4.79 Å². The van der Waals surface area contributed by atoms with E-state index in [1.54, 1.807) is 19.4 Å². The summed E-state index contributed by atoms with van der Waals surface area (Å²) in [5, 5.41) is 0.547. The number of nitrogens with zero attached hydrogens (tertiary/aromatic N) is 3. The van der Waals surface area contributed by atoms with Gasteiger partial charge in [0.05, 0.1) is 0 Å². The van der Waals surface area contributed by atoms with Crippen molar-refractivity contribution < 1.29 is 19.2 Å². The smallest absolute Gasteiger partial charge is 0.311 e. The Hall–Kier alpha value is -3.22. The molecule has 0 bridgehead atoms. The first-order valence-corrected chi connectivity index (χ1v) is 7.83. The fourth-order valence-corrected chi connectivity index (χ4v) is 2.53. The van der Waals surface area contributed by atoms with E-state index in [-0.39, 0.29) is 19.4 Å². The molecule has 1 saturated heterocycles. The van der Waals surface area contributed by atoms with Gasteiger partial charge < -0.3 is 9.74 Å². The second-order valence-corrected chi connectivity index (χ2v) is 5.74. The van der Waals surface area contributed by atoms with E-state index in [1.165, 1.54) is 4.90 Å². The largest absolute Gasteiger partial charge is 0.434 e. The average molecular weight is 339 g/mol. The highest BCUT2D eigenvalue weighted by atomic mass is 16.7. The quantitative estimate of drug-likeness (QED) is 0.799. The summed E-state index contributed by atoms with van der Waals surface area (Å²) in [6.07, 6.45) is 2.86. The molecule has 0 radical (unpaired) electrons. The van der Waals surface area contributed by atoms with Gasteiger partial charge in [-0.15, -0.1) is 5.06 Å². The zero-order chi connectivity index (χ0) is 17.8. The number of hydrogen-bond donors (Lipinski definition) is 0. The molecule has 3 amide bonds. The maximum Gasteiger partial charge on any atom is 0.434 e. The third-order valence-corrected chi connectivity index (χ3v) is 3.83. The van der Waals surface area contributed by atoms with Crippen molar-refractivity contribution in [1.82, 2.24) is 14.9 Å². The molecule has 1 aliphatic rings. The van der Waals surface area contributed by atoms with Crippen LogP contribution in [0.15, 0.2) is 48.8 Å². The van der Waals surface area contributed by atoms with E-state index in [4.69, 9.17) is 4.84 Å². The molecule has 128 valence electrons. The fraction of sp³-hybridized carbons (Fsp3) is 0.222. The lowest BCUT2D eigenvalue weighted by molar-refractivity contribution is -0.173. The predicted octanol–water partition coefficient (Wildman–Crippen LogP) is 2.38. The first-order valence-electron chi connectivity index (χ1n) is 7.83. The van der Waals surface area contributed by atoms with Crippen LogP contribution in [0.25, 0.3) is 11.1 Å². The summed E-state index contributed by atoms with van der Waals surface area (Å²) in [5.41, 5.74) is 2.85. The summed E-state index contributed by atoms with van der Waals surface area (Å²) in [4.78, 5) is 45.4. The third-order valence-electron chi connectivity index (χ3n) is 3.83. The van der Waals surface area contributed by atoms with Gasteiger partial charge in [0.1, 0.15) is 0 Å². The van der Waals surface area contributed by atoms with Crippen molar-refractivity contribution in [3.63, 3.8) is 0 Å². The van der Waals surface area contributed by atoms with Gasteiger partial charge in [0.15, 0.2) is 0 Å². The summed E-state index contributed by atoms with van der Waals surface area (Å²) < 4.78 is 0. The maximum absolute atomic E-state index is 12.1. The summed E-state index contributed by atoms with van der Waals surface area (Å²) in [7, 11) is 1.55. The van der Waals surface area contributed by atoms with Crippen LogP contribution in [-0.2, 0) is 21.0 Å². The molecule has 1 aromatic heterocycles. The Morgan fingerprint density at radius 1 is 1.16 bits per heavy atom. The van der Waals surface area contributed by atoms with E-state index in [9.17, 15) is 14.4 Å². The van der Waals surface area contributed by atoms with Crippen LogP contribution in [0.1, 0.15) is 18.4 Å². The van der Waals surface area contributed by atoms with Gasteiger partial charge in [0.25, 0.3) is 11.8 Å². The molecule has 0 N–H and O–H groups in total. The number of benzene rings is 1. The number of hydrogen-bond acceptors (Lipinski definition) is 5. The standard InChI is InChI=1S/C18H17N3O4/c1-20(18(24)25-21-16(22)7-8-17(21)23)12-13-4-2-5-14(10-13)15-6-3-9-19-11-15/h2-6,9-11H,7-8,12H2,1H3. The van der Waals surface area contributed by atoms with E-state index in [2.05, 4.69) is 4.98 Å². The molecule has 25 heavy (non-hydrogen) atoms. The molecule has 2 aromatic rings. The summed E-state index contributed by atoms with van der Waals surface area (Å²) in [6, 6.07) is 11.5. The summed E-state index contributed by atoms with van der Waals surface area (Å²) in [6.45, 7) is 0.281. The Kier molecular flexibility index (Phi) is 4.74. The van der Waals surface area contributed by atoms with Gasteiger partial charge in [-0.2, -0.15) is 0 Å². The molecular formula is C18H17N3O4. The van der Waals surface area contributed by atoms with Crippen molar-refractivity contribution >= 4 is 17.9 Å². The number of rotatable bonds is 4. The molecule has 0 saturated carbocycles. The maximum atomic E-state index is 12.1. The third kappa shape index (κ3) is 3.82. The Labute approximate surface area is 144 Å². The normalized spacial score (nSPS) is 13.9. The van der Waals surface area contributed by atoms with Crippen LogP contribution < -0.4 is 0 Å². The van der Waals surface area contributed by atoms with Gasteiger partial charge in [-0.1, -0.05) is 24.3 Å².